The van der Waals surface area contributed by atoms with Gasteiger partial charge in [-0.05, 0) is 0 Å². The molecule has 0 aliphatic carbocycles. The molecule has 0 atom stereocenters. The van der Waals surface area contributed by atoms with Gasteiger partial charge in [0, 0.05) is 18.2 Å². The highest BCUT2D eigenvalue weighted by Crippen LogP contribution is 2.35. The van der Waals surface area contributed by atoms with Gasteiger partial charge in [-0.1, -0.05) is 0 Å². The Morgan fingerprint density at radius 1 is 1.00 bits per heavy atom. The van der Waals surface area contributed by atoms with Crippen LogP contribution in [0.1, 0.15) is 0 Å². The number of nitrogens with zero attached hydrogens (tertiary/aromatic N) is 2. The Morgan fingerprint density at radius 2 is 1.68 bits per heavy atom. The van der Waals surface area contributed by atoms with Gasteiger partial charge in [-0.25, -0.2) is 9.97 Å². The molecular formula is C12H15N5O2. The van der Waals surface area contributed by atoms with E-state index in [0.29, 0.717) is 34.5 Å². The molecule has 0 saturated carbocycles. The maximum absolute atomic E-state index is 5.93. The highest BCUT2D eigenvalue weighted by atomic mass is 16.5. The number of ether oxygens (including phenoxy) is 2. The summed E-state index contributed by atoms with van der Waals surface area (Å²) in [5.74, 6) is 2.05. The molecule has 1 aromatic carbocycles. The van der Waals surface area contributed by atoms with Gasteiger partial charge < -0.3 is 26.3 Å². The van der Waals surface area contributed by atoms with Crippen LogP contribution in [0.25, 0.3) is 0 Å². The highest BCUT2D eigenvalue weighted by molar-refractivity contribution is 5.76. The van der Waals surface area contributed by atoms with Crippen LogP contribution < -0.4 is 26.3 Å². The predicted molar refractivity (Wildman–Crippen MR) is 73.7 cm³/mol. The normalized spacial score (nSPS) is 10.0. The molecule has 1 aromatic heterocycles. The molecule has 0 aliphatic heterocycles. The Bertz CT molecular complexity index is 588. The van der Waals surface area contributed by atoms with Crippen molar-refractivity contribution in [1.29, 1.82) is 0 Å². The summed E-state index contributed by atoms with van der Waals surface area (Å²) in [7, 11) is 3.11. The third-order valence-corrected chi connectivity index (χ3v) is 2.51. The van der Waals surface area contributed by atoms with E-state index in [1.165, 1.54) is 6.33 Å². The molecule has 0 unspecified atom stereocenters. The van der Waals surface area contributed by atoms with Gasteiger partial charge in [0.1, 0.15) is 18.0 Å². The van der Waals surface area contributed by atoms with Crippen molar-refractivity contribution >= 4 is 23.0 Å². The average Bonchev–Trinajstić information content (AvgIpc) is 2.40. The topological polar surface area (TPSA) is 108 Å². The molecule has 0 bridgehead atoms. The Kier molecular flexibility index (Phi) is 3.56. The van der Waals surface area contributed by atoms with E-state index >= 15 is 0 Å². The highest BCUT2D eigenvalue weighted by Gasteiger charge is 2.09. The van der Waals surface area contributed by atoms with Gasteiger partial charge in [-0.2, -0.15) is 0 Å². The number of nitrogens with one attached hydrogen (secondary N) is 1. The number of anilines is 4. The minimum atomic E-state index is 0.372. The second-order valence-electron chi connectivity index (χ2n) is 3.75. The van der Waals surface area contributed by atoms with Crippen molar-refractivity contribution in [1.82, 2.24) is 9.97 Å². The van der Waals surface area contributed by atoms with Gasteiger partial charge in [0.05, 0.1) is 25.6 Å². The van der Waals surface area contributed by atoms with E-state index in [1.807, 2.05) is 0 Å². The molecule has 0 saturated heterocycles. The molecule has 0 fully saturated rings. The number of hydrogen-bond donors (Lipinski definition) is 3. The maximum Gasteiger partial charge on any atom is 0.162 e. The zero-order valence-electron chi connectivity index (χ0n) is 10.7. The lowest BCUT2D eigenvalue weighted by molar-refractivity contribution is 0.355. The van der Waals surface area contributed by atoms with Crippen LogP contribution in [0.5, 0.6) is 11.5 Å². The molecule has 7 nitrogen and oxygen atoms in total. The van der Waals surface area contributed by atoms with Crippen molar-refractivity contribution in [2.24, 2.45) is 0 Å². The summed E-state index contributed by atoms with van der Waals surface area (Å²) < 4.78 is 10.4. The molecule has 0 aliphatic rings. The predicted octanol–water partition coefficient (Wildman–Crippen LogP) is 1.40. The number of nitrogen functional groups attached to an aromatic ring is 2. The molecule has 0 amide bonds. The molecule has 1 heterocycles. The van der Waals surface area contributed by atoms with Crippen molar-refractivity contribution in [3.05, 3.63) is 24.5 Å². The molecule has 19 heavy (non-hydrogen) atoms. The summed E-state index contributed by atoms with van der Waals surface area (Å²) in [6.45, 7) is 0. The Hall–Kier alpha value is -2.70. The quantitative estimate of drug-likeness (QED) is 0.714. The van der Waals surface area contributed by atoms with Crippen LogP contribution in [0.3, 0.4) is 0 Å². The van der Waals surface area contributed by atoms with Crippen LogP contribution in [-0.2, 0) is 0 Å². The third-order valence-electron chi connectivity index (χ3n) is 2.51. The first-order valence-corrected chi connectivity index (χ1v) is 5.50. The third kappa shape index (κ3) is 2.76. The summed E-state index contributed by atoms with van der Waals surface area (Å²) in [5, 5.41) is 3.05. The molecule has 2 rings (SSSR count). The lowest BCUT2D eigenvalue weighted by Crippen LogP contribution is -2.01. The van der Waals surface area contributed by atoms with Gasteiger partial charge in [0.25, 0.3) is 0 Å². The van der Waals surface area contributed by atoms with Crippen LogP contribution in [0.15, 0.2) is 24.5 Å². The summed E-state index contributed by atoms with van der Waals surface area (Å²) in [6.07, 6.45) is 1.37. The first-order valence-electron chi connectivity index (χ1n) is 5.50. The van der Waals surface area contributed by atoms with E-state index in [1.54, 1.807) is 32.4 Å². The zero-order valence-corrected chi connectivity index (χ0v) is 10.7. The van der Waals surface area contributed by atoms with Gasteiger partial charge in [-0.3, -0.25) is 0 Å². The van der Waals surface area contributed by atoms with E-state index in [0.717, 1.165) is 0 Å². The fraction of sp³-hybridized carbons (Fsp3) is 0.167. The van der Waals surface area contributed by atoms with E-state index in [4.69, 9.17) is 20.9 Å². The summed E-state index contributed by atoms with van der Waals surface area (Å²) in [6, 6.07) is 5.01. The van der Waals surface area contributed by atoms with E-state index in [-0.39, 0.29) is 0 Å². The molecule has 0 radical (unpaired) electrons. The molecule has 5 N–H and O–H groups in total. The largest absolute Gasteiger partial charge is 0.493 e. The van der Waals surface area contributed by atoms with Gasteiger partial charge in [-0.15, -0.1) is 0 Å². The lowest BCUT2D eigenvalue weighted by Gasteiger charge is -2.13. The van der Waals surface area contributed by atoms with Crippen molar-refractivity contribution in [3.63, 3.8) is 0 Å². The number of nitrogens with two attached hydrogens (primary N) is 2. The smallest absolute Gasteiger partial charge is 0.162 e. The summed E-state index contributed by atoms with van der Waals surface area (Å²) in [5.41, 5.74) is 12.7. The van der Waals surface area contributed by atoms with E-state index in [2.05, 4.69) is 15.3 Å². The summed E-state index contributed by atoms with van der Waals surface area (Å²) in [4.78, 5) is 7.86. The first-order chi connectivity index (χ1) is 9.13. The average molecular weight is 261 g/mol. The second-order valence-corrected chi connectivity index (χ2v) is 3.75. The standard InChI is InChI=1S/C12H15N5O2/c1-18-9-3-7(13)8(4-10(9)19-2)17-12-5-11(14)15-6-16-12/h3-6H,13H2,1-2H3,(H3,14,15,16,17). The monoisotopic (exact) mass is 261 g/mol. The van der Waals surface area contributed by atoms with Crippen LogP contribution in [0.2, 0.25) is 0 Å². The van der Waals surface area contributed by atoms with Crippen LogP contribution in [0, 0.1) is 0 Å². The fourth-order valence-corrected chi connectivity index (χ4v) is 1.58. The number of rotatable bonds is 4. The molecule has 100 valence electrons. The van der Waals surface area contributed by atoms with Gasteiger partial charge in [0.15, 0.2) is 11.5 Å². The van der Waals surface area contributed by atoms with Crippen LogP contribution in [0.4, 0.5) is 23.0 Å². The van der Waals surface area contributed by atoms with Crippen molar-refractivity contribution in [2.45, 2.75) is 0 Å². The van der Waals surface area contributed by atoms with Crippen molar-refractivity contribution < 1.29 is 9.47 Å². The Balaban J connectivity index is 2.35. The first kappa shape index (κ1) is 12.7. The lowest BCUT2D eigenvalue weighted by atomic mass is 10.2. The Labute approximate surface area is 110 Å². The molecular weight excluding hydrogens is 246 g/mol. The van der Waals surface area contributed by atoms with E-state index < -0.39 is 0 Å². The fourth-order valence-electron chi connectivity index (χ4n) is 1.58. The minimum Gasteiger partial charge on any atom is -0.493 e. The molecule has 0 spiro atoms. The van der Waals surface area contributed by atoms with Crippen LogP contribution >= 0.6 is 0 Å². The number of methoxy groups -OCH3 is 2. The number of benzene rings is 1. The van der Waals surface area contributed by atoms with Crippen molar-refractivity contribution in [3.8, 4) is 11.5 Å². The van der Waals surface area contributed by atoms with Gasteiger partial charge in [0.2, 0.25) is 0 Å². The van der Waals surface area contributed by atoms with E-state index in [9.17, 15) is 0 Å². The SMILES string of the molecule is COc1cc(N)c(Nc2cc(N)ncn2)cc1OC. The minimum absolute atomic E-state index is 0.372. The summed E-state index contributed by atoms with van der Waals surface area (Å²) >= 11 is 0. The van der Waals surface area contributed by atoms with Crippen LogP contribution in [-0.4, -0.2) is 24.2 Å². The second kappa shape index (κ2) is 5.30. The zero-order chi connectivity index (χ0) is 13.8. The van der Waals surface area contributed by atoms with Crippen molar-refractivity contribution in [2.75, 3.05) is 31.0 Å². The molecule has 2 aromatic rings. The number of hydrogen-bond acceptors (Lipinski definition) is 7. The van der Waals surface area contributed by atoms with Gasteiger partial charge >= 0.3 is 0 Å². The molecule has 7 heteroatoms. The maximum atomic E-state index is 5.93. The number of aromatic nitrogens is 2. The Morgan fingerprint density at radius 3 is 2.32 bits per heavy atom.